The lowest BCUT2D eigenvalue weighted by Gasteiger charge is -2.27. The van der Waals surface area contributed by atoms with Gasteiger partial charge in [0.25, 0.3) is 0 Å². The van der Waals surface area contributed by atoms with Crippen LogP contribution in [-0.4, -0.2) is 31.2 Å². The number of hydrogen-bond donors (Lipinski definition) is 1. The van der Waals surface area contributed by atoms with Crippen molar-refractivity contribution < 1.29 is 27.5 Å². The highest BCUT2D eigenvalue weighted by atomic mass is 19.4. The number of carbonyl (C=O) groups excluding carboxylic acids is 2. The maximum Gasteiger partial charge on any atom is 0.390 e. The first-order chi connectivity index (χ1) is 8.49. The molecular formula is C12H20F3NO3. The Morgan fingerprint density at radius 3 is 2.11 bits per heavy atom. The molecule has 0 saturated carbocycles. The van der Waals surface area contributed by atoms with E-state index in [1.165, 1.54) is 0 Å². The normalized spacial score (nSPS) is 13.8. The number of alkyl halides is 3. The number of rotatable bonds is 5. The quantitative estimate of drug-likeness (QED) is 0.622. The van der Waals surface area contributed by atoms with Crippen LogP contribution in [0, 0.1) is 11.3 Å². The van der Waals surface area contributed by atoms with E-state index in [0.717, 1.165) is 0 Å². The van der Waals surface area contributed by atoms with Crippen molar-refractivity contribution in [2.75, 3.05) is 13.2 Å². The number of halogens is 3. The molecule has 0 aromatic heterocycles. The summed E-state index contributed by atoms with van der Waals surface area (Å²) in [5.41, 5.74) is -0.728. The molecule has 0 rings (SSSR count). The average molecular weight is 283 g/mol. The summed E-state index contributed by atoms with van der Waals surface area (Å²) in [7, 11) is 0. The predicted molar refractivity (Wildman–Crippen MR) is 63.3 cm³/mol. The Morgan fingerprint density at radius 2 is 1.74 bits per heavy atom. The van der Waals surface area contributed by atoms with Crippen molar-refractivity contribution in [3.05, 3.63) is 0 Å². The molecule has 0 aliphatic carbocycles. The van der Waals surface area contributed by atoms with Gasteiger partial charge in [0.2, 0.25) is 5.91 Å². The molecule has 0 saturated heterocycles. The Kier molecular flexibility index (Phi) is 6.32. The topological polar surface area (TPSA) is 55.4 Å². The molecule has 0 aromatic carbocycles. The van der Waals surface area contributed by atoms with Gasteiger partial charge in [-0.2, -0.15) is 13.2 Å². The number of nitrogens with one attached hydrogen (secondary N) is 1. The molecule has 0 spiro atoms. The summed E-state index contributed by atoms with van der Waals surface area (Å²) in [5.74, 6) is -2.59. The second kappa shape index (κ2) is 6.77. The van der Waals surface area contributed by atoms with Gasteiger partial charge in [0.05, 0.1) is 13.0 Å². The van der Waals surface area contributed by atoms with Crippen molar-refractivity contribution in [2.24, 2.45) is 11.3 Å². The fourth-order valence-corrected chi connectivity index (χ4v) is 1.51. The standard InChI is InChI=1S/C12H20F3NO3/c1-5-19-10(18)8(11(2,3)4)9(17)16-7-6-12(13,14)15/h8H,5-7H2,1-4H3,(H,16,17). The van der Waals surface area contributed by atoms with Crippen LogP contribution in [-0.2, 0) is 14.3 Å². The molecular weight excluding hydrogens is 263 g/mol. The van der Waals surface area contributed by atoms with Crippen molar-refractivity contribution in [3.63, 3.8) is 0 Å². The number of amides is 1. The monoisotopic (exact) mass is 283 g/mol. The van der Waals surface area contributed by atoms with Crippen molar-refractivity contribution >= 4 is 11.9 Å². The Morgan fingerprint density at radius 1 is 1.21 bits per heavy atom. The van der Waals surface area contributed by atoms with Gasteiger partial charge >= 0.3 is 12.1 Å². The fraction of sp³-hybridized carbons (Fsp3) is 0.833. The van der Waals surface area contributed by atoms with Crippen molar-refractivity contribution in [3.8, 4) is 0 Å². The highest BCUT2D eigenvalue weighted by molar-refractivity contribution is 5.98. The zero-order chi connectivity index (χ0) is 15.3. The third-order valence-electron chi connectivity index (χ3n) is 2.36. The maximum absolute atomic E-state index is 12.0. The molecule has 19 heavy (non-hydrogen) atoms. The maximum atomic E-state index is 12.0. The van der Waals surface area contributed by atoms with E-state index in [2.05, 4.69) is 5.32 Å². The number of carbonyl (C=O) groups is 2. The molecule has 7 heteroatoms. The summed E-state index contributed by atoms with van der Waals surface area (Å²) in [6.07, 6.45) is -5.47. The summed E-state index contributed by atoms with van der Waals surface area (Å²) in [6, 6.07) is 0. The highest BCUT2D eigenvalue weighted by Gasteiger charge is 2.39. The SMILES string of the molecule is CCOC(=O)C(C(=O)NCCC(F)(F)F)C(C)(C)C. The van der Waals surface area contributed by atoms with E-state index in [1.807, 2.05) is 0 Å². The van der Waals surface area contributed by atoms with E-state index in [-0.39, 0.29) is 6.61 Å². The molecule has 4 nitrogen and oxygen atoms in total. The van der Waals surface area contributed by atoms with E-state index in [4.69, 9.17) is 4.74 Å². The summed E-state index contributed by atoms with van der Waals surface area (Å²) in [6.45, 7) is 6.11. The zero-order valence-electron chi connectivity index (χ0n) is 11.6. The Bertz CT molecular complexity index is 321. The molecule has 0 radical (unpaired) electrons. The Hall–Kier alpha value is -1.27. The van der Waals surface area contributed by atoms with Gasteiger partial charge in [-0.3, -0.25) is 9.59 Å². The van der Waals surface area contributed by atoms with E-state index in [9.17, 15) is 22.8 Å². The van der Waals surface area contributed by atoms with Gasteiger partial charge in [0.15, 0.2) is 0 Å². The van der Waals surface area contributed by atoms with Gasteiger partial charge in [0.1, 0.15) is 5.92 Å². The fourth-order valence-electron chi connectivity index (χ4n) is 1.51. The van der Waals surface area contributed by atoms with Crippen LogP contribution in [0.3, 0.4) is 0 Å². The largest absolute Gasteiger partial charge is 0.465 e. The van der Waals surface area contributed by atoms with E-state index in [0.29, 0.717) is 0 Å². The summed E-state index contributed by atoms with van der Waals surface area (Å²) < 4.78 is 40.7. The third-order valence-corrected chi connectivity index (χ3v) is 2.36. The molecule has 0 aliphatic rings. The van der Waals surface area contributed by atoms with E-state index >= 15 is 0 Å². The number of ether oxygens (including phenoxy) is 1. The minimum absolute atomic E-state index is 0.112. The number of hydrogen-bond acceptors (Lipinski definition) is 3. The minimum Gasteiger partial charge on any atom is -0.465 e. The first-order valence-corrected chi connectivity index (χ1v) is 6.00. The first-order valence-electron chi connectivity index (χ1n) is 6.00. The van der Waals surface area contributed by atoms with Crippen LogP contribution >= 0.6 is 0 Å². The first kappa shape index (κ1) is 17.7. The predicted octanol–water partition coefficient (Wildman–Crippen LogP) is 2.28. The molecule has 0 fully saturated rings. The van der Waals surface area contributed by atoms with Gasteiger partial charge < -0.3 is 10.1 Å². The minimum atomic E-state index is -4.34. The second-order valence-electron chi connectivity index (χ2n) is 5.21. The highest BCUT2D eigenvalue weighted by Crippen LogP contribution is 2.27. The summed E-state index contributed by atoms with van der Waals surface area (Å²) >= 11 is 0. The van der Waals surface area contributed by atoms with E-state index < -0.39 is 42.4 Å². The smallest absolute Gasteiger partial charge is 0.390 e. The van der Waals surface area contributed by atoms with Crippen LogP contribution in [0.1, 0.15) is 34.1 Å². The molecule has 112 valence electrons. The van der Waals surface area contributed by atoms with Crippen molar-refractivity contribution in [1.29, 1.82) is 0 Å². The Labute approximate surface area is 110 Å². The van der Waals surface area contributed by atoms with Gasteiger partial charge in [-0.05, 0) is 12.3 Å². The van der Waals surface area contributed by atoms with Crippen LogP contribution in [0.4, 0.5) is 13.2 Å². The molecule has 1 atom stereocenters. The molecule has 0 aliphatic heterocycles. The van der Waals surface area contributed by atoms with Gasteiger partial charge in [-0.1, -0.05) is 20.8 Å². The average Bonchev–Trinajstić information content (AvgIpc) is 2.13. The molecule has 1 N–H and O–H groups in total. The van der Waals surface area contributed by atoms with Crippen LogP contribution in [0.25, 0.3) is 0 Å². The van der Waals surface area contributed by atoms with Crippen LogP contribution in [0.15, 0.2) is 0 Å². The second-order valence-corrected chi connectivity index (χ2v) is 5.21. The van der Waals surface area contributed by atoms with Gasteiger partial charge in [-0.25, -0.2) is 0 Å². The van der Waals surface area contributed by atoms with Gasteiger partial charge in [0, 0.05) is 6.54 Å². The van der Waals surface area contributed by atoms with Crippen LogP contribution in [0.5, 0.6) is 0 Å². The van der Waals surface area contributed by atoms with Crippen molar-refractivity contribution in [2.45, 2.75) is 40.3 Å². The lowest BCUT2D eigenvalue weighted by molar-refractivity contribution is -0.157. The van der Waals surface area contributed by atoms with Gasteiger partial charge in [-0.15, -0.1) is 0 Å². The Balaban J connectivity index is 4.62. The zero-order valence-corrected chi connectivity index (χ0v) is 11.6. The third kappa shape index (κ3) is 7.03. The van der Waals surface area contributed by atoms with Crippen molar-refractivity contribution in [1.82, 2.24) is 5.32 Å². The molecule has 0 heterocycles. The molecule has 0 aromatic rings. The van der Waals surface area contributed by atoms with Crippen LogP contribution in [0.2, 0.25) is 0 Å². The summed E-state index contributed by atoms with van der Waals surface area (Å²) in [4.78, 5) is 23.5. The molecule has 1 unspecified atom stereocenters. The number of esters is 1. The summed E-state index contributed by atoms with van der Waals surface area (Å²) in [5, 5.41) is 2.13. The molecule has 1 amide bonds. The lowest BCUT2D eigenvalue weighted by Crippen LogP contribution is -2.44. The van der Waals surface area contributed by atoms with Crippen LogP contribution < -0.4 is 5.32 Å². The lowest BCUT2D eigenvalue weighted by atomic mass is 9.80. The molecule has 0 bridgehead atoms. The van der Waals surface area contributed by atoms with E-state index in [1.54, 1.807) is 27.7 Å².